The molecule has 3 N–H and O–H groups in total. The summed E-state index contributed by atoms with van der Waals surface area (Å²) in [5.74, 6) is 0.781. The lowest BCUT2D eigenvalue weighted by Crippen LogP contribution is -2.36. The van der Waals surface area contributed by atoms with Gasteiger partial charge in [0.05, 0.1) is 32.0 Å². The molecule has 0 atom stereocenters. The molecule has 1 saturated carbocycles. The second-order valence-electron chi connectivity index (χ2n) is 7.43. The number of hydrogen-bond donors (Lipinski definition) is 3. The van der Waals surface area contributed by atoms with E-state index in [0.717, 1.165) is 29.8 Å². The Morgan fingerprint density at radius 2 is 1.83 bits per heavy atom. The number of amides is 2. The molecule has 0 radical (unpaired) electrons. The largest absolute Gasteiger partial charge is 0.495 e. The summed E-state index contributed by atoms with van der Waals surface area (Å²) in [5.41, 5.74) is 2.38. The van der Waals surface area contributed by atoms with Gasteiger partial charge in [0, 0.05) is 11.8 Å². The summed E-state index contributed by atoms with van der Waals surface area (Å²) in [6.07, 6.45) is 4.90. The Kier molecular flexibility index (Phi) is 7.54. The van der Waals surface area contributed by atoms with Gasteiger partial charge in [-0.3, -0.25) is 9.59 Å². The molecule has 0 aliphatic heterocycles. The molecule has 0 aromatic heterocycles. The van der Waals surface area contributed by atoms with Crippen molar-refractivity contribution in [1.82, 2.24) is 5.32 Å². The lowest BCUT2D eigenvalue weighted by atomic mass is 10.2. The van der Waals surface area contributed by atoms with Crippen LogP contribution in [0.3, 0.4) is 0 Å². The molecule has 0 unspecified atom stereocenters. The highest BCUT2D eigenvalue weighted by Gasteiger charge is 2.16. The standard InChI is InChI=1S/C23H29N3O4/c1-16-10-11-21(29-2)20(12-16)26-23(28)15-25-22(27)14-24-17-6-5-9-19(13-17)30-18-7-3-4-8-18/h5-6,9-13,18,24H,3-4,7-8,14-15H2,1-2H3,(H,25,27)(H,26,28). The molecule has 1 aliphatic carbocycles. The van der Waals surface area contributed by atoms with Crippen molar-refractivity contribution in [2.24, 2.45) is 0 Å². The van der Waals surface area contributed by atoms with Crippen molar-refractivity contribution in [2.75, 3.05) is 30.8 Å². The van der Waals surface area contributed by atoms with E-state index in [-0.39, 0.29) is 31.0 Å². The van der Waals surface area contributed by atoms with Crippen LogP contribution in [0.2, 0.25) is 0 Å². The highest BCUT2D eigenvalue weighted by Crippen LogP contribution is 2.26. The van der Waals surface area contributed by atoms with Crippen LogP contribution in [0.15, 0.2) is 42.5 Å². The number of ether oxygens (including phenoxy) is 2. The maximum absolute atomic E-state index is 12.2. The van der Waals surface area contributed by atoms with Gasteiger partial charge in [0.2, 0.25) is 11.8 Å². The van der Waals surface area contributed by atoms with E-state index in [1.165, 1.54) is 12.8 Å². The molecule has 0 saturated heterocycles. The lowest BCUT2D eigenvalue weighted by molar-refractivity contribution is -0.122. The molecule has 7 nitrogen and oxygen atoms in total. The Hall–Kier alpha value is -3.22. The summed E-state index contributed by atoms with van der Waals surface area (Å²) in [7, 11) is 1.54. The second kappa shape index (κ2) is 10.5. The molecule has 2 aromatic carbocycles. The SMILES string of the molecule is COc1ccc(C)cc1NC(=O)CNC(=O)CNc1cccc(OC2CCCC2)c1. The van der Waals surface area contributed by atoms with Crippen LogP contribution in [-0.2, 0) is 9.59 Å². The van der Waals surface area contributed by atoms with Crippen molar-refractivity contribution in [1.29, 1.82) is 0 Å². The molecule has 7 heteroatoms. The van der Waals surface area contributed by atoms with Crippen LogP contribution >= 0.6 is 0 Å². The van der Waals surface area contributed by atoms with Crippen molar-refractivity contribution >= 4 is 23.2 Å². The number of rotatable bonds is 9. The maximum Gasteiger partial charge on any atom is 0.243 e. The zero-order valence-corrected chi connectivity index (χ0v) is 17.5. The molecule has 1 fully saturated rings. The molecule has 30 heavy (non-hydrogen) atoms. The van der Waals surface area contributed by atoms with Gasteiger partial charge in [0.15, 0.2) is 0 Å². The number of carbonyl (C=O) groups excluding carboxylic acids is 2. The number of anilines is 2. The van der Waals surface area contributed by atoms with Crippen LogP contribution in [-0.4, -0.2) is 38.1 Å². The van der Waals surface area contributed by atoms with E-state index in [2.05, 4.69) is 16.0 Å². The minimum atomic E-state index is -0.320. The van der Waals surface area contributed by atoms with Gasteiger partial charge in [-0.1, -0.05) is 12.1 Å². The summed E-state index contributed by atoms with van der Waals surface area (Å²) in [6.45, 7) is 1.87. The molecule has 160 valence electrons. The minimum Gasteiger partial charge on any atom is -0.495 e. The fourth-order valence-corrected chi connectivity index (χ4v) is 3.42. The molecule has 2 amide bonds. The van der Waals surface area contributed by atoms with Crippen LogP contribution < -0.4 is 25.4 Å². The van der Waals surface area contributed by atoms with Gasteiger partial charge >= 0.3 is 0 Å². The summed E-state index contributed by atoms with van der Waals surface area (Å²) in [4.78, 5) is 24.3. The van der Waals surface area contributed by atoms with Gasteiger partial charge in [-0.05, 0) is 62.4 Å². The van der Waals surface area contributed by atoms with E-state index in [9.17, 15) is 9.59 Å². The van der Waals surface area contributed by atoms with Crippen molar-refractivity contribution in [3.05, 3.63) is 48.0 Å². The number of benzene rings is 2. The van der Waals surface area contributed by atoms with Gasteiger partial charge in [-0.15, -0.1) is 0 Å². The molecule has 2 aromatic rings. The fourth-order valence-electron chi connectivity index (χ4n) is 3.42. The first-order chi connectivity index (χ1) is 14.5. The Labute approximate surface area is 177 Å². The third-order valence-corrected chi connectivity index (χ3v) is 4.97. The zero-order valence-electron chi connectivity index (χ0n) is 17.5. The topological polar surface area (TPSA) is 88.7 Å². The first kappa shape index (κ1) is 21.5. The van der Waals surface area contributed by atoms with Crippen molar-refractivity contribution in [3.63, 3.8) is 0 Å². The maximum atomic E-state index is 12.2. The Bertz CT molecular complexity index is 879. The van der Waals surface area contributed by atoms with Crippen LogP contribution in [0.25, 0.3) is 0 Å². The van der Waals surface area contributed by atoms with Crippen LogP contribution in [0.1, 0.15) is 31.2 Å². The van der Waals surface area contributed by atoms with E-state index in [4.69, 9.17) is 9.47 Å². The molecule has 0 bridgehead atoms. The monoisotopic (exact) mass is 411 g/mol. The van der Waals surface area contributed by atoms with Gasteiger partial charge < -0.3 is 25.4 Å². The number of nitrogens with one attached hydrogen (secondary N) is 3. The normalized spacial score (nSPS) is 13.5. The third-order valence-electron chi connectivity index (χ3n) is 4.97. The van der Waals surface area contributed by atoms with E-state index in [0.29, 0.717) is 11.4 Å². The number of carbonyl (C=O) groups is 2. The van der Waals surface area contributed by atoms with Gasteiger partial charge in [-0.2, -0.15) is 0 Å². The van der Waals surface area contributed by atoms with E-state index in [1.54, 1.807) is 13.2 Å². The average Bonchev–Trinajstić information content (AvgIpc) is 3.24. The Morgan fingerprint density at radius 3 is 2.60 bits per heavy atom. The summed E-state index contributed by atoms with van der Waals surface area (Å²) in [5, 5.41) is 8.44. The zero-order chi connectivity index (χ0) is 21.3. The number of methoxy groups -OCH3 is 1. The highest BCUT2D eigenvalue weighted by molar-refractivity contribution is 5.96. The van der Waals surface area contributed by atoms with Crippen LogP contribution in [0.5, 0.6) is 11.5 Å². The summed E-state index contributed by atoms with van der Waals surface area (Å²) < 4.78 is 11.2. The minimum absolute atomic E-state index is 0.0634. The molecule has 3 rings (SSSR count). The molecular weight excluding hydrogens is 382 g/mol. The summed E-state index contributed by atoms with van der Waals surface area (Å²) in [6, 6.07) is 13.1. The third kappa shape index (κ3) is 6.40. The molecule has 0 spiro atoms. The quantitative estimate of drug-likeness (QED) is 0.588. The van der Waals surface area contributed by atoms with E-state index in [1.807, 2.05) is 43.3 Å². The fraction of sp³-hybridized carbons (Fsp3) is 0.391. The van der Waals surface area contributed by atoms with Crippen LogP contribution in [0.4, 0.5) is 11.4 Å². The van der Waals surface area contributed by atoms with Crippen molar-refractivity contribution in [2.45, 2.75) is 38.7 Å². The first-order valence-electron chi connectivity index (χ1n) is 10.3. The Morgan fingerprint density at radius 1 is 1.03 bits per heavy atom. The van der Waals surface area contributed by atoms with Gasteiger partial charge in [0.1, 0.15) is 11.5 Å². The number of aryl methyl sites for hydroxylation is 1. The first-order valence-corrected chi connectivity index (χ1v) is 10.3. The number of hydrogen-bond acceptors (Lipinski definition) is 5. The molecule has 0 heterocycles. The molecule has 1 aliphatic rings. The van der Waals surface area contributed by atoms with E-state index < -0.39 is 0 Å². The van der Waals surface area contributed by atoms with Crippen LogP contribution in [0, 0.1) is 6.92 Å². The summed E-state index contributed by atoms with van der Waals surface area (Å²) >= 11 is 0. The predicted molar refractivity (Wildman–Crippen MR) is 117 cm³/mol. The van der Waals surface area contributed by atoms with Gasteiger partial charge in [0.25, 0.3) is 0 Å². The molecular formula is C23H29N3O4. The second-order valence-corrected chi connectivity index (χ2v) is 7.43. The predicted octanol–water partition coefficient (Wildman–Crippen LogP) is 3.49. The van der Waals surface area contributed by atoms with E-state index >= 15 is 0 Å². The average molecular weight is 412 g/mol. The highest BCUT2D eigenvalue weighted by atomic mass is 16.5. The van der Waals surface area contributed by atoms with Gasteiger partial charge in [-0.25, -0.2) is 0 Å². The van der Waals surface area contributed by atoms with Crippen molar-refractivity contribution < 1.29 is 19.1 Å². The lowest BCUT2D eigenvalue weighted by Gasteiger charge is -2.14. The Balaban J connectivity index is 1.42. The smallest absolute Gasteiger partial charge is 0.243 e. The van der Waals surface area contributed by atoms with Crippen molar-refractivity contribution in [3.8, 4) is 11.5 Å².